The lowest BCUT2D eigenvalue weighted by molar-refractivity contribution is 0.252. The molecule has 2 heterocycles. The minimum Gasteiger partial charge on any atom is -0.493 e. The fourth-order valence-corrected chi connectivity index (χ4v) is 3.24. The van der Waals surface area contributed by atoms with E-state index in [1.807, 2.05) is 23.9 Å². The van der Waals surface area contributed by atoms with E-state index in [1.54, 1.807) is 0 Å². The molecule has 0 radical (unpaired) electrons. The Balaban J connectivity index is 1.80. The highest BCUT2D eigenvalue weighted by Crippen LogP contribution is 2.32. The summed E-state index contributed by atoms with van der Waals surface area (Å²) in [6, 6.07) is 8.62. The summed E-state index contributed by atoms with van der Waals surface area (Å²) in [6.07, 6.45) is 0.994. The SMILES string of the molecule is Cc1nn(C)c(N(C)C)c1CN[C@@H]1CCOc2ccccc21. The van der Waals surface area contributed by atoms with Gasteiger partial charge in [0.25, 0.3) is 0 Å². The Morgan fingerprint density at radius 3 is 2.91 bits per heavy atom. The first-order chi connectivity index (χ1) is 10.6. The maximum Gasteiger partial charge on any atom is 0.130 e. The molecule has 1 aromatic carbocycles. The molecule has 22 heavy (non-hydrogen) atoms. The third kappa shape index (κ3) is 2.68. The zero-order valence-corrected chi connectivity index (χ0v) is 13.8. The van der Waals surface area contributed by atoms with Crippen LogP contribution in [0.2, 0.25) is 0 Å². The van der Waals surface area contributed by atoms with E-state index in [2.05, 4.69) is 48.5 Å². The molecule has 5 nitrogen and oxygen atoms in total. The Morgan fingerprint density at radius 1 is 1.36 bits per heavy atom. The van der Waals surface area contributed by atoms with Gasteiger partial charge in [0.05, 0.1) is 12.3 Å². The Bertz CT molecular complexity index is 663. The van der Waals surface area contributed by atoms with Crippen LogP contribution in [0.25, 0.3) is 0 Å². The maximum absolute atomic E-state index is 5.73. The predicted octanol–water partition coefficient (Wildman–Crippen LogP) is 2.41. The summed E-state index contributed by atoms with van der Waals surface area (Å²) in [5, 5.41) is 8.23. The van der Waals surface area contributed by atoms with Crippen LogP contribution in [0.15, 0.2) is 24.3 Å². The average Bonchev–Trinajstić information content (AvgIpc) is 2.79. The van der Waals surface area contributed by atoms with E-state index < -0.39 is 0 Å². The minimum absolute atomic E-state index is 0.333. The van der Waals surface area contributed by atoms with Gasteiger partial charge in [0.15, 0.2) is 0 Å². The van der Waals surface area contributed by atoms with Crippen LogP contribution in [0.4, 0.5) is 5.82 Å². The second-order valence-electron chi connectivity index (χ2n) is 6.01. The van der Waals surface area contributed by atoms with Gasteiger partial charge in [-0.3, -0.25) is 4.68 Å². The number of para-hydroxylation sites is 1. The molecular weight excluding hydrogens is 276 g/mol. The second kappa shape index (κ2) is 6.01. The van der Waals surface area contributed by atoms with Crippen LogP contribution in [0.5, 0.6) is 5.75 Å². The van der Waals surface area contributed by atoms with E-state index >= 15 is 0 Å². The molecule has 0 fully saturated rings. The Hall–Kier alpha value is -2.01. The molecule has 5 heteroatoms. The highest BCUT2D eigenvalue weighted by atomic mass is 16.5. The highest BCUT2D eigenvalue weighted by Gasteiger charge is 2.22. The van der Waals surface area contributed by atoms with Gasteiger partial charge in [-0.1, -0.05) is 18.2 Å². The maximum atomic E-state index is 5.73. The molecule has 1 aliphatic rings. The van der Waals surface area contributed by atoms with Crippen LogP contribution in [0, 0.1) is 6.92 Å². The van der Waals surface area contributed by atoms with Crippen molar-refractivity contribution in [1.29, 1.82) is 0 Å². The summed E-state index contributed by atoms with van der Waals surface area (Å²) in [7, 11) is 6.11. The van der Waals surface area contributed by atoms with E-state index in [1.165, 1.54) is 11.1 Å². The van der Waals surface area contributed by atoms with Gasteiger partial charge in [-0.25, -0.2) is 0 Å². The summed E-state index contributed by atoms with van der Waals surface area (Å²) >= 11 is 0. The van der Waals surface area contributed by atoms with Crippen molar-refractivity contribution in [3.63, 3.8) is 0 Å². The second-order valence-corrected chi connectivity index (χ2v) is 6.01. The van der Waals surface area contributed by atoms with E-state index in [9.17, 15) is 0 Å². The molecule has 1 aromatic heterocycles. The average molecular weight is 300 g/mol. The Kier molecular flexibility index (Phi) is 4.07. The fourth-order valence-electron chi connectivity index (χ4n) is 3.24. The number of hydrogen-bond acceptors (Lipinski definition) is 4. The summed E-state index contributed by atoms with van der Waals surface area (Å²) in [6.45, 7) is 3.65. The molecule has 0 saturated carbocycles. The van der Waals surface area contributed by atoms with E-state index in [0.717, 1.165) is 36.8 Å². The van der Waals surface area contributed by atoms with Gasteiger partial charge in [0, 0.05) is 51.3 Å². The zero-order chi connectivity index (χ0) is 15.7. The number of aryl methyl sites for hydroxylation is 2. The lowest BCUT2D eigenvalue weighted by Crippen LogP contribution is -2.27. The third-order valence-electron chi connectivity index (χ3n) is 4.22. The molecule has 1 aliphatic heterocycles. The van der Waals surface area contributed by atoms with Gasteiger partial charge in [-0.15, -0.1) is 0 Å². The number of anilines is 1. The molecule has 0 amide bonds. The van der Waals surface area contributed by atoms with Crippen LogP contribution in [-0.4, -0.2) is 30.5 Å². The normalized spacial score (nSPS) is 17.0. The van der Waals surface area contributed by atoms with Gasteiger partial charge in [0.2, 0.25) is 0 Å². The molecule has 0 saturated heterocycles. The molecule has 2 aromatic rings. The van der Waals surface area contributed by atoms with Crippen LogP contribution in [0.1, 0.15) is 29.3 Å². The topological polar surface area (TPSA) is 42.3 Å². The summed E-state index contributed by atoms with van der Waals surface area (Å²) in [5.41, 5.74) is 3.59. The molecule has 0 bridgehead atoms. The monoisotopic (exact) mass is 300 g/mol. The lowest BCUT2D eigenvalue weighted by Gasteiger charge is -2.27. The van der Waals surface area contributed by atoms with E-state index in [-0.39, 0.29) is 0 Å². The number of rotatable bonds is 4. The van der Waals surface area contributed by atoms with E-state index in [4.69, 9.17) is 4.74 Å². The molecule has 1 N–H and O–H groups in total. The number of aromatic nitrogens is 2. The van der Waals surface area contributed by atoms with Gasteiger partial charge < -0.3 is 15.0 Å². The molecule has 1 atom stereocenters. The van der Waals surface area contributed by atoms with Crippen LogP contribution < -0.4 is 15.0 Å². The van der Waals surface area contributed by atoms with Gasteiger partial charge in [-0.05, 0) is 13.0 Å². The third-order valence-corrected chi connectivity index (χ3v) is 4.22. The number of nitrogens with zero attached hydrogens (tertiary/aromatic N) is 3. The Morgan fingerprint density at radius 2 is 2.14 bits per heavy atom. The lowest BCUT2D eigenvalue weighted by atomic mass is 10.0. The van der Waals surface area contributed by atoms with Crippen LogP contribution in [-0.2, 0) is 13.6 Å². The first kappa shape index (κ1) is 14.9. The summed E-state index contributed by atoms with van der Waals surface area (Å²) in [5.74, 6) is 2.16. The highest BCUT2D eigenvalue weighted by molar-refractivity contribution is 5.49. The number of ether oxygens (including phenoxy) is 1. The van der Waals surface area contributed by atoms with Gasteiger partial charge >= 0.3 is 0 Å². The van der Waals surface area contributed by atoms with Crippen molar-refractivity contribution in [2.75, 3.05) is 25.6 Å². The molecule has 0 spiro atoms. The molecular formula is C17H24N4O. The van der Waals surface area contributed by atoms with Crippen molar-refractivity contribution >= 4 is 5.82 Å². The number of hydrogen-bond donors (Lipinski definition) is 1. The Labute approximate surface area is 131 Å². The summed E-state index contributed by atoms with van der Waals surface area (Å²) < 4.78 is 7.68. The van der Waals surface area contributed by atoms with Crippen molar-refractivity contribution in [2.45, 2.75) is 25.9 Å². The molecule has 3 rings (SSSR count). The van der Waals surface area contributed by atoms with Crippen molar-refractivity contribution in [3.8, 4) is 5.75 Å². The van der Waals surface area contributed by atoms with Gasteiger partial charge in [0.1, 0.15) is 11.6 Å². The molecule has 0 unspecified atom stereocenters. The number of nitrogens with one attached hydrogen (secondary N) is 1. The number of benzene rings is 1. The van der Waals surface area contributed by atoms with Crippen LogP contribution in [0.3, 0.4) is 0 Å². The quantitative estimate of drug-likeness (QED) is 0.941. The first-order valence-corrected chi connectivity index (χ1v) is 7.73. The van der Waals surface area contributed by atoms with Crippen LogP contribution >= 0.6 is 0 Å². The smallest absolute Gasteiger partial charge is 0.130 e. The molecule has 0 aliphatic carbocycles. The predicted molar refractivity (Wildman–Crippen MR) is 88.4 cm³/mol. The van der Waals surface area contributed by atoms with Crippen molar-refractivity contribution in [3.05, 3.63) is 41.1 Å². The zero-order valence-electron chi connectivity index (χ0n) is 13.8. The van der Waals surface area contributed by atoms with Crippen molar-refractivity contribution in [1.82, 2.24) is 15.1 Å². The number of fused-ring (bicyclic) bond motifs is 1. The van der Waals surface area contributed by atoms with E-state index in [0.29, 0.717) is 6.04 Å². The largest absolute Gasteiger partial charge is 0.493 e. The summed E-state index contributed by atoms with van der Waals surface area (Å²) in [4.78, 5) is 2.12. The fraction of sp³-hybridized carbons (Fsp3) is 0.471. The van der Waals surface area contributed by atoms with Gasteiger partial charge in [-0.2, -0.15) is 5.10 Å². The van der Waals surface area contributed by atoms with Crippen molar-refractivity contribution < 1.29 is 4.74 Å². The minimum atomic E-state index is 0.333. The van der Waals surface area contributed by atoms with Crippen molar-refractivity contribution in [2.24, 2.45) is 7.05 Å². The first-order valence-electron chi connectivity index (χ1n) is 7.73. The molecule has 118 valence electrons. The standard InChI is InChI=1S/C17H24N4O/c1-12-14(17(20(2)3)21(4)19-12)11-18-15-9-10-22-16-8-6-5-7-13(15)16/h5-8,15,18H,9-11H2,1-4H3/t15-/m1/s1.